The molecular formula is C17H31N3O3. The molecule has 0 amide bonds. The molecule has 2 N–H and O–H groups in total. The van der Waals surface area contributed by atoms with Gasteiger partial charge in [0.25, 0.3) is 0 Å². The number of aliphatic imine (C=N–C) groups is 1. The average Bonchev–Trinajstić information content (AvgIpc) is 3.04. The summed E-state index contributed by atoms with van der Waals surface area (Å²) in [6.07, 6.45) is 3.50. The van der Waals surface area contributed by atoms with Crippen molar-refractivity contribution >= 4 is 5.96 Å². The Morgan fingerprint density at radius 2 is 1.91 bits per heavy atom. The van der Waals surface area contributed by atoms with E-state index in [4.69, 9.17) is 18.9 Å². The van der Waals surface area contributed by atoms with Gasteiger partial charge in [0.1, 0.15) is 5.76 Å². The highest BCUT2D eigenvalue weighted by Gasteiger charge is 2.17. The first-order valence-electron chi connectivity index (χ1n) is 8.10. The summed E-state index contributed by atoms with van der Waals surface area (Å²) < 4.78 is 15.6. The Balaban J connectivity index is 2.46. The van der Waals surface area contributed by atoms with Gasteiger partial charge in [0.2, 0.25) is 0 Å². The normalized spacial score (nSPS) is 12.4. The van der Waals surface area contributed by atoms with E-state index in [1.165, 1.54) is 0 Å². The van der Waals surface area contributed by atoms with Gasteiger partial charge in [-0.05, 0) is 24.0 Å². The van der Waals surface area contributed by atoms with E-state index in [1.54, 1.807) is 20.5 Å². The Labute approximate surface area is 139 Å². The molecule has 0 aliphatic heterocycles. The second-order valence-electron chi connectivity index (χ2n) is 6.25. The molecule has 0 radical (unpaired) electrons. The van der Waals surface area contributed by atoms with Gasteiger partial charge in [-0.25, -0.2) is 0 Å². The van der Waals surface area contributed by atoms with Crippen LogP contribution in [0.15, 0.2) is 27.8 Å². The molecule has 0 saturated carbocycles. The standard InChI is InChI=1S/C17H31N3O3/c1-17(2,8-12-21-3)14-20-16(19-10-13-22-4)18-9-7-15-6-5-11-23-15/h5-6,11H,7-10,12-14H2,1-4H3,(H2,18,19,20). The molecule has 0 unspecified atom stereocenters. The predicted octanol–water partition coefficient (Wildman–Crippen LogP) is 2.07. The SMILES string of the molecule is COCCNC(=NCC(C)(C)CCOC)NCCc1ccco1. The fourth-order valence-electron chi connectivity index (χ4n) is 1.96. The summed E-state index contributed by atoms with van der Waals surface area (Å²) in [6, 6.07) is 3.88. The summed E-state index contributed by atoms with van der Waals surface area (Å²) in [5, 5.41) is 6.62. The zero-order chi connectivity index (χ0) is 17.0. The van der Waals surface area contributed by atoms with Gasteiger partial charge in [-0.3, -0.25) is 4.99 Å². The summed E-state index contributed by atoms with van der Waals surface area (Å²) in [4.78, 5) is 4.69. The summed E-state index contributed by atoms with van der Waals surface area (Å²) in [5.74, 6) is 1.77. The Bertz CT molecular complexity index is 430. The van der Waals surface area contributed by atoms with Gasteiger partial charge in [0.05, 0.1) is 12.9 Å². The number of ether oxygens (including phenoxy) is 2. The van der Waals surface area contributed by atoms with Crippen LogP contribution in [0.5, 0.6) is 0 Å². The molecule has 0 saturated heterocycles. The van der Waals surface area contributed by atoms with Crippen molar-refractivity contribution in [1.29, 1.82) is 0 Å². The second kappa shape index (κ2) is 11.1. The number of hydrogen-bond acceptors (Lipinski definition) is 4. The molecule has 1 heterocycles. The molecule has 1 rings (SSSR count). The van der Waals surface area contributed by atoms with Gasteiger partial charge in [-0.15, -0.1) is 0 Å². The second-order valence-corrected chi connectivity index (χ2v) is 6.25. The van der Waals surface area contributed by atoms with Crippen molar-refractivity contribution < 1.29 is 13.9 Å². The van der Waals surface area contributed by atoms with Crippen molar-refractivity contribution in [2.75, 3.05) is 47.1 Å². The molecule has 0 fully saturated rings. The number of rotatable bonds is 11. The third-order valence-corrected chi connectivity index (χ3v) is 3.49. The number of nitrogens with zero attached hydrogens (tertiary/aromatic N) is 1. The first kappa shape index (κ1) is 19.5. The maximum atomic E-state index is 5.34. The Hall–Kier alpha value is -1.53. The molecule has 1 aromatic heterocycles. The monoisotopic (exact) mass is 325 g/mol. The van der Waals surface area contributed by atoms with Gasteiger partial charge in [-0.1, -0.05) is 13.8 Å². The molecule has 0 aliphatic carbocycles. The fourth-order valence-corrected chi connectivity index (χ4v) is 1.96. The number of furan rings is 1. The first-order chi connectivity index (χ1) is 11.1. The molecule has 6 heteroatoms. The predicted molar refractivity (Wildman–Crippen MR) is 92.9 cm³/mol. The van der Waals surface area contributed by atoms with Crippen molar-refractivity contribution in [3.05, 3.63) is 24.2 Å². The summed E-state index contributed by atoms with van der Waals surface area (Å²) in [7, 11) is 3.42. The fraction of sp³-hybridized carbons (Fsp3) is 0.706. The Morgan fingerprint density at radius 3 is 2.57 bits per heavy atom. The van der Waals surface area contributed by atoms with Gasteiger partial charge in [-0.2, -0.15) is 0 Å². The number of guanidine groups is 1. The van der Waals surface area contributed by atoms with Gasteiger partial charge in [0.15, 0.2) is 5.96 Å². The number of hydrogen-bond donors (Lipinski definition) is 2. The van der Waals surface area contributed by atoms with E-state index in [0.717, 1.165) is 50.8 Å². The van der Waals surface area contributed by atoms with E-state index < -0.39 is 0 Å². The molecule has 6 nitrogen and oxygen atoms in total. The summed E-state index contributed by atoms with van der Waals surface area (Å²) in [5.41, 5.74) is 0.104. The Kier molecular flexibility index (Phi) is 9.40. The van der Waals surface area contributed by atoms with E-state index in [0.29, 0.717) is 6.61 Å². The quantitative estimate of drug-likeness (QED) is 0.370. The van der Waals surface area contributed by atoms with Crippen LogP contribution in [0.25, 0.3) is 0 Å². The van der Waals surface area contributed by atoms with Crippen LogP contribution in [0.1, 0.15) is 26.0 Å². The maximum absolute atomic E-state index is 5.34. The highest BCUT2D eigenvalue weighted by atomic mass is 16.5. The van der Waals surface area contributed by atoms with Crippen LogP contribution in [0.4, 0.5) is 0 Å². The molecule has 0 bridgehead atoms. The minimum atomic E-state index is 0.104. The number of methoxy groups -OCH3 is 2. The largest absolute Gasteiger partial charge is 0.469 e. The smallest absolute Gasteiger partial charge is 0.191 e. The average molecular weight is 325 g/mol. The Morgan fingerprint density at radius 1 is 1.17 bits per heavy atom. The van der Waals surface area contributed by atoms with Crippen molar-refractivity contribution in [1.82, 2.24) is 10.6 Å². The minimum Gasteiger partial charge on any atom is -0.469 e. The highest BCUT2D eigenvalue weighted by molar-refractivity contribution is 5.79. The van der Waals surface area contributed by atoms with Crippen LogP contribution in [-0.2, 0) is 15.9 Å². The number of nitrogens with one attached hydrogen (secondary N) is 2. The molecule has 23 heavy (non-hydrogen) atoms. The molecule has 0 spiro atoms. The molecular weight excluding hydrogens is 294 g/mol. The van der Waals surface area contributed by atoms with E-state index in [2.05, 4.69) is 24.5 Å². The molecule has 132 valence electrons. The molecule has 0 aromatic carbocycles. The van der Waals surface area contributed by atoms with Gasteiger partial charge < -0.3 is 24.5 Å². The lowest BCUT2D eigenvalue weighted by Gasteiger charge is -2.22. The van der Waals surface area contributed by atoms with E-state index in [9.17, 15) is 0 Å². The van der Waals surface area contributed by atoms with Crippen molar-refractivity contribution in [3.63, 3.8) is 0 Å². The molecule has 0 aliphatic rings. The van der Waals surface area contributed by atoms with E-state index in [-0.39, 0.29) is 5.41 Å². The zero-order valence-corrected chi connectivity index (χ0v) is 14.9. The van der Waals surface area contributed by atoms with Crippen LogP contribution in [-0.4, -0.2) is 53.0 Å². The maximum Gasteiger partial charge on any atom is 0.191 e. The van der Waals surface area contributed by atoms with Crippen LogP contribution < -0.4 is 10.6 Å². The van der Waals surface area contributed by atoms with Crippen LogP contribution >= 0.6 is 0 Å². The zero-order valence-electron chi connectivity index (χ0n) is 14.9. The van der Waals surface area contributed by atoms with Crippen molar-refractivity contribution in [2.24, 2.45) is 10.4 Å². The molecule has 1 aromatic rings. The lowest BCUT2D eigenvalue weighted by atomic mass is 9.90. The third kappa shape index (κ3) is 9.25. The lowest BCUT2D eigenvalue weighted by Crippen LogP contribution is -2.40. The van der Waals surface area contributed by atoms with Gasteiger partial charge in [0, 0.05) is 46.9 Å². The van der Waals surface area contributed by atoms with Crippen molar-refractivity contribution in [3.8, 4) is 0 Å². The summed E-state index contributed by atoms with van der Waals surface area (Å²) >= 11 is 0. The lowest BCUT2D eigenvalue weighted by molar-refractivity contribution is 0.155. The molecule has 0 atom stereocenters. The topological polar surface area (TPSA) is 68.0 Å². The van der Waals surface area contributed by atoms with E-state index >= 15 is 0 Å². The van der Waals surface area contributed by atoms with Crippen LogP contribution in [0, 0.1) is 5.41 Å². The van der Waals surface area contributed by atoms with Gasteiger partial charge >= 0.3 is 0 Å². The third-order valence-electron chi connectivity index (χ3n) is 3.49. The van der Waals surface area contributed by atoms with E-state index in [1.807, 2.05) is 12.1 Å². The van der Waals surface area contributed by atoms with Crippen molar-refractivity contribution in [2.45, 2.75) is 26.7 Å². The summed E-state index contributed by atoms with van der Waals surface area (Å²) in [6.45, 7) is 8.02. The minimum absolute atomic E-state index is 0.104. The van der Waals surface area contributed by atoms with Crippen LogP contribution in [0.2, 0.25) is 0 Å². The highest BCUT2D eigenvalue weighted by Crippen LogP contribution is 2.20. The first-order valence-corrected chi connectivity index (χ1v) is 8.10. The van der Waals surface area contributed by atoms with Crippen LogP contribution in [0.3, 0.4) is 0 Å².